The Hall–Kier alpha value is -0.950. The SMILES string of the molecule is N#CC1CN(C2CC(N=O)C2)C1. The fourth-order valence-corrected chi connectivity index (χ4v) is 1.84. The van der Waals surface area contributed by atoms with E-state index in [0.717, 1.165) is 25.9 Å². The molecule has 1 aliphatic carbocycles. The van der Waals surface area contributed by atoms with Crippen LogP contribution in [0.15, 0.2) is 5.18 Å². The van der Waals surface area contributed by atoms with Gasteiger partial charge in [0.05, 0.1) is 18.0 Å². The summed E-state index contributed by atoms with van der Waals surface area (Å²) in [4.78, 5) is 12.3. The second kappa shape index (κ2) is 2.83. The average molecular weight is 165 g/mol. The third-order valence-corrected chi connectivity index (χ3v) is 2.85. The van der Waals surface area contributed by atoms with Crippen molar-refractivity contribution in [2.24, 2.45) is 11.1 Å². The first-order valence-corrected chi connectivity index (χ1v) is 4.29. The number of likely N-dealkylation sites (tertiary alicyclic amines) is 1. The fraction of sp³-hybridized carbons (Fsp3) is 0.875. The summed E-state index contributed by atoms with van der Waals surface area (Å²) in [6.45, 7) is 1.79. The molecule has 64 valence electrons. The Balaban J connectivity index is 1.71. The van der Waals surface area contributed by atoms with Crippen LogP contribution in [-0.2, 0) is 0 Å². The van der Waals surface area contributed by atoms with Gasteiger partial charge in [0.2, 0.25) is 0 Å². The molecule has 2 fully saturated rings. The number of hydrogen-bond acceptors (Lipinski definition) is 4. The lowest BCUT2D eigenvalue weighted by Gasteiger charge is -2.47. The Morgan fingerprint density at radius 3 is 2.58 bits per heavy atom. The largest absolute Gasteiger partial charge is 0.298 e. The van der Waals surface area contributed by atoms with Crippen LogP contribution in [-0.4, -0.2) is 30.1 Å². The molecule has 2 rings (SSSR count). The van der Waals surface area contributed by atoms with E-state index in [1.165, 1.54) is 0 Å². The van der Waals surface area contributed by atoms with Gasteiger partial charge in [0.15, 0.2) is 0 Å². The van der Waals surface area contributed by atoms with E-state index in [2.05, 4.69) is 16.1 Å². The van der Waals surface area contributed by atoms with Crippen LogP contribution in [0.5, 0.6) is 0 Å². The zero-order valence-electron chi connectivity index (χ0n) is 6.81. The molecule has 0 amide bonds. The van der Waals surface area contributed by atoms with Gasteiger partial charge in [-0.15, -0.1) is 0 Å². The number of nitriles is 1. The maximum atomic E-state index is 10.1. The molecule has 2 aliphatic rings. The lowest BCUT2D eigenvalue weighted by molar-refractivity contribution is 0.0292. The summed E-state index contributed by atoms with van der Waals surface area (Å²) in [7, 11) is 0. The molecule has 0 aromatic rings. The van der Waals surface area contributed by atoms with Gasteiger partial charge in [0.25, 0.3) is 0 Å². The van der Waals surface area contributed by atoms with Gasteiger partial charge < -0.3 is 0 Å². The first-order chi connectivity index (χ1) is 5.83. The normalized spacial score (nSPS) is 36.2. The minimum absolute atomic E-state index is 0.0520. The van der Waals surface area contributed by atoms with E-state index in [1.54, 1.807) is 0 Å². The van der Waals surface area contributed by atoms with Gasteiger partial charge in [0.1, 0.15) is 0 Å². The van der Waals surface area contributed by atoms with Crippen molar-refractivity contribution in [3.63, 3.8) is 0 Å². The number of nitroso groups, excluding NO2 is 1. The predicted octanol–water partition coefficient (Wildman–Crippen LogP) is 0.739. The molecular weight excluding hydrogens is 154 g/mol. The van der Waals surface area contributed by atoms with Crippen molar-refractivity contribution in [2.45, 2.75) is 24.9 Å². The average Bonchev–Trinajstić information content (AvgIpc) is 1.91. The highest BCUT2D eigenvalue weighted by Crippen LogP contribution is 2.32. The molecule has 0 atom stereocenters. The minimum Gasteiger partial charge on any atom is -0.298 e. The molecule has 0 N–H and O–H groups in total. The van der Waals surface area contributed by atoms with Gasteiger partial charge in [-0.1, -0.05) is 5.18 Å². The van der Waals surface area contributed by atoms with Crippen molar-refractivity contribution >= 4 is 0 Å². The van der Waals surface area contributed by atoms with Crippen molar-refractivity contribution in [2.75, 3.05) is 13.1 Å². The van der Waals surface area contributed by atoms with Crippen molar-refractivity contribution in [3.05, 3.63) is 4.91 Å². The predicted molar refractivity (Wildman–Crippen MR) is 43.3 cm³/mol. The molecule has 4 nitrogen and oxygen atoms in total. The second-order valence-electron chi connectivity index (χ2n) is 3.66. The summed E-state index contributed by atoms with van der Waals surface area (Å²) in [5.41, 5.74) is 0. The van der Waals surface area contributed by atoms with E-state index in [4.69, 9.17) is 5.26 Å². The molecule has 0 aromatic carbocycles. The van der Waals surface area contributed by atoms with E-state index < -0.39 is 0 Å². The quantitative estimate of drug-likeness (QED) is 0.567. The third kappa shape index (κ3) is 1.10. The molecule has 0 spiro atoms. The standard InChI is InChI=1S/C8H11N3O/c9-3-6-4-11(5-6)8-1-7(2-8)10-12/h6-8H,1-2,4-5H2. The number of rotatable bonds is 2. The summed E-state index contributed by atoms with van der Waals surface area (Å²) < 4.78 is 0. The molecule has 1 aliphatic heterocycles. The number of nitrogens with zero attached hydrogens (tertiary/aromatic N) is 3. The van der Waals surface area contributed by atoms with Crippen LogP contribution in [0.1, 0.15) is 12.8 Å². The van der Waals surface area contributed by atoms with Gasteiger partial charge in [-0.05, 0) is 12.8 Å². The van der Waals surface area contributed by atoms with Gasteiger partial charge in [-0.3, -0.25) is 4.90 Å². The van der Waals surface area contributed by atoms with Crippen molar-refractivity contribution in [1.82, 2.24) is 4.90 Å². The lowest BCUT2D eigenvalue weighted by atomic mass is 9.83. The van der Waals surface area contributed by atoms with E-state index in [9.17, 15) is 4.91 Å². The second-order valence-corrected chi connectivity index (χ2v) is 3.66. The fourth-order valence-electron chi connectivity index (χ4n) is 1.84. The minimum atomic E-state index is 0.0520. The molecule has 0 radical (unpaired) electrons. The Morgan fingerprint density at radius 2 is 2.08 bits per heavy atom. The maximum Gasteiger partial charge on any atom is 0.0949 e. The van der Waals surface area contributed by atoms with Gasteiger partial charge >= 0.3 is 0 Å². The van der Waals surface area contributed by atoms with E-state index in [0.29, 0.717) is 6.04 Å². The molecule has 1 saturated heterocycles. The topological polar surface area (TPSA) is 56.5 Å². The molecule has 0 aromatic heterocycles. The summed E-state index contributed by atoms with van der Waals surface area (Å²) >= 11 is 0. The van der Waals surface area contributed by atoms with Crippen LogP contribution in [0, 0.1) is 22.2 Å². The van der Waals surface area contributed by atoms with Crippen molar-refractivity contribution in [3.8, 4) is 6.07 Å². The van der Waals surface area contributed by atoms with E-state index in [-0.39, 0.29) is 12.0 Å². The first-order valence-electron chi connectivity index (χ1n) is 4.29. The zero-order chi connectivity index (χ0) is 8.55. The molecule has 4 heteroatoms. The molecule has 1 saturated carbocycles. The van der Waals surface area contributed by atoms with E-state index in [1.807, 2.05) is 0 Å². The lowest BCUT2D eigenvalue weighted by Crippen LogP contribution is -2.56. The smallest absolute Gasteiger partial charge is 0.0949 e. The third-order valence-electron chi connectivity index (χ3n) is 2.85. The van der Waals surface area contributed by atoms with Crippen LogP contribution < -0.4 is 0 Å². The molecule has 1 heterocycles. The highest BCUT2D eigenvalue weighted by molar-refractivity contribution is 5.01. The van der Waals surface area contributed by atoms with Gasteiger partial charge in [0, 0.05) is 19.1 Å². The highest BCUT2D eigenvalue weighted by atomic mass is 16.3. The summed E-state index contributed by atoms with van der Waals surface area (Å²) in [6, 6.07) is 2.82. The molecule has 12 heavy (non-hydrogen) atoms. The summed E-state index contributed by atoms with van der Waals surface area (Å²) in [5, 5.41) is 11.5. The van der Waals surface area contributed by atoms with E-state index >= 15 is 0 Å². The number of hydrogen-bond donors (Lipinski definition) is 0. The van der Waals surface area contributed by atoms with Crippen LogP contribution in [0.2, 0.25) is 0 Å². The molecule has 0 unspecified atom stereocenters. The van der Waals surface area contributed by atoms with Crippen molar-refractivity contribution in [1.29, 1.82) is 5.26 Å². The maximum absolute atomic E-state index is 10.1. The Bertz CT molecular complexity index is 223. The summed E-state index contributed by atoms with van der Waals surface area (Å²) in [5.74, 6) is 0.230. The first kappa shape index (κ1) is 7.69. The monoisotopic (exact) mass is 165 g/mol. The molecular formula is C8H11N3O. The van der Waals surface area contributed by atoms with Crippen molar-refractivity contribution < 1.29 is 0 Å². The Morgan fingerprint density at radius 1 is 1.42 bits per heavy atom. The van der Waals surface area contributed by atoms with Gasteiger partial charge in [-0.2, -0.15) is 10.2 Å². The molecule has 0 bridgehead atoms. The van der Waals surface area contributed by atoms with Crippen LogP contribution in [0.25, 0.3) is 0 Å². The van der Waals surface area contributed by atoms with Crippen LogP contribution in [0.4, 0.5) is 0 Å². The van der Waals surface area contributed by atoms with Gasteiger partial charge in [-0.25, -0.2) is 0 Å². The Kier molecular flexibility index (Phi) is 1.81. The zero-order valence-corrected chi connectivity index (χ0v) is 6.81. The highest BCUT2D eigenvalue weighted by Gasteiger charge is 2.40. The Labute approximate surface area is 71.1 Å². The van der Waals surface area contributed by atoms with Crippen LogP contribution in [0.3, 0.4) is 0 Å². The van der Waals surface area contributed by atoms with Crippen LogP contribution >= 0.6 is 0 Å². The summed E-state index contributed by atoms with van der Waals surface area (Å²) in [6.07, 6.45) is 1.81.